The van der Waals surface area contributed by atoms with Gasteiger partial charge in [-0.05, 0) is 16.9 Å². The Morgan fingerprint density at radius 1 is 1.23 bits per heavy atom. The van der Waals surface area contributed by atoms with Gasteiger partial charge in [-0.2, -0.15) is 0 Å². The van der Waals surface area contributed by atoms with E-state index in [4.69, 9.17) is 26.7 Å². The number of amidine groups is 1. The number of methoxy groups -OCH3 is 1. The van der Waals surface area contributed by atoms with Gasteiger partial charge in [-0.1, -0.05) is 86.0 Å². The second-order valence-electron chi connectivity index (χ2n) is 7.70. The molecule has 0 amide bonds. The summed E-state index contributed by atoms with van der Waals surface area (Å²) in [5.74, 6) is 0.835. The van der Waals surface area contributed by atoms with Gasteiger partial charge < -0.3 is 14.4 Å². The molecular weight excluding hydrogens is 436 g/mol. The second kappa shape index (κ2) is 10.6. The maximum atomic E-state index is 11.9. The van der Waals surface area contributed by atoms with Crippen molar-refractivity contribution in [3.8, 4) is 0 Å². The van der Waals surface area contributed by atoms with Crippen molar-refractivity contribution < 1.29 is 14.3 Å². The summed E-state index contributed by atoms with van der Waals surface area (Å²) < 4.78 is 10.7. The van der Waals surface area contributed by atoms with E-state index in [0.717, 1.165) is 33.9 Å². The summed E-state index contributed by atoms with van der Waals surface area (Å²) in [4.78, 5) is 19.0. The minimum atomic E-state index is -0.295. The molecule has 2 aromatic carbocycles. The van der Waals surface area contributed by atoms with Crippen molar-refractivity contribution in [1.29, 1.82) is 0 Å². The molecule has 1 saturated heterocycles. The monoisotopic (exact) mass is 462 g/mol. The average molecular weight is 463 g/mol. The molecule has 1 aliphatic heterocycles. The highest BCUT2D eigenvalue weighted by Gasteiger charge is 2.33. The number of aliphatic imine (C=N–C) groups is 1. The summed E-state index contributed by atoms with van der Waals surface area (Å²) >= 11 is 8.70. The maximum Gasteiger partial charge on any atom is 0.316 e. The van der Waals surface area contributed by atoms with E-state index in [1.54, 1.807) is 18.9 Å². The standard InChI is InChI=1S/C22H26N2O3S3/c1-22(2)14-24(21(28)29-13-19(25)27-12-11-26-3)20(30-15-22)23-18-10-6-8-16-7-4-5-9-17(16)18/h4-10H,11-15H2,1-3H3. The third-order valence-corrected chi connectivity index (χ3v) is 7.39. The number of esters is 1. The SMILES string of the molecule is COCCOC(=O)CSC(=S)N1CC(C)(C)CSC1=Nc1cccc2ccccc12. The molecule has 0 saturated carbocycles. The number of carbonyl (C=O) groups excluding carboxylic acids is 1. The van der Waals surface area contributed by atoms with Gasteiger partial charge in [0.1, 0.15) is 10.9 Å². The van der Waals surface area contributed by atoms with Crippen LogP contribution in [0.3, 0.4) is 0 Å². The third kappa shape index (κ3) is 6.20. The van der Waals surface area contributed by atoms with Gasteiger partial charge in [-0.15, -0.1) is 0 Å². The van der Waals surface area contributed by atoms with Crippen molar-refractivity contribution in [3.05, 3.63) is 42.5 Å². The molecule has 1 heterocycles. The van der Waals surface area contributed by atoms with Gasteiger partial charge in [-0.3, -0.25) is 4.79 Å². The maximum absolute atomic E-state index is 11.9. The lowest BCUT2D eigenvalue weighted by Gasteiger charge is -2.39. The average Bonchev–Trinajstić information content (AvgIpc) is 2.73. The van der Waals surface area contributed by atoms with Gasteiger partial charge in [0.2, 0.25) is 0 Å². The van der Waals surface area contributed by atoms with Gasteiger partial charge >= 0.3 is 5.97 Å². The third-order valence-electron chi connectivity index (χ3n) is 4.48. The van der Waals surface area contributed by atoms with Crippen LogP contribution >= 0.6 is 35.7 Å². The zero-order chi connectivity index (χ0) is 21.6. The van der Waals surface area contributed by atoms with Crippen molar-refractivity contribution in [2.24, 2.45) is 10.4 Å². The normalized spacial score (nSPS) is 17.3. The topological polar surface area (TPSA) is 51.1 Å². The zero-order valence-corrected chi connectivity index (χ0v) is 19.9. The number of hydrogen-bond donors (Lipinski definition) is 0. The van der Waals surface area contributed by atoms with Crippen LogP contribution in [-0.2, 0) is 14.3 Å². The molecule has 2 aromatic rings. The van der Waals surface area contributed by atoms with Gasteiger partial charge in [0.15, 0.2) is 5.17 Å². The van der Waals surface area contributed by atoms with Crippen molar-refractivity contribution in [3.63, 3.8) is 0 Å². The lowest BCUT2D eigenvalue weighted by Crippen LogP contribution is -2.45. The summed E-state index contributed by atoms with van der Waals surface area (Å²) in [5, 5.41) is 3.14. The van der Waals surface area contributed by atoms with E-state index in [0.29, 0.717) is 10.9 Å². The summed E-state index contributed by atoms with van der Waals surface area (Å²) in [6.07, 6.45) is 0. The molecule has 0 atom stereocenters. The van der Waals surface area contributed by atoms with E-state index >= 15 is 0 Å². The van der Waals surface area contributed by atoms with Crippen LogP contribution < -0.4 is 0 Å². The largest absolute Gasteiger partial charge is 0.463 e. The Bertz CT molecular complexity index is 941. The number of thioether (sulfide) groups is 2. The molecule has 0 unspecified atom stereocenters. The van der Waals surface area contributed by atoms with Crippen LogP contribution in [0.25, 0.3) is 10.8 Å². The first-order valence-corrected chi connectivity index (χ1v) is 12.1. The number of ether oxygens (including phenoxy) is 2. The lowest BCUT2D eigenvalue weighted by atomic mass is 9.96. The number of rotatable bonds is 6. The number of nitrogens with zero attached hydrogens (tertiary/aromatic N) is 2. The molecular formula is C22H26N2O3S3. The molecule has 0 aromatic heterocycles. The molecule has 160 valence electrons. The van der Waals surface area contributed by atoms with Crippen LogP contribution in [0, 0.1) is 5.41 Å². The lowest BCUT2D eigenvalue weighted by molar-refractivity contribution is -0.141. The Morgan fingerprint density at radius 2 is 2.00 bits per heavy atom. The highest BCUT2D eigenvalue weighted by Crippen LogP contribution is 2.35. The van der Waals surface area contributed by atoms with Crippen LogP contribution in [0.1, 0.15) is 13.8 Å². The summed E-state index contributed by atoms with van der Waals surface area (Å²) in [6, 6.07) is 14.4. The first-order chi connectivity index (χ1) is 14.4. The Balaban J connectivity index is 1.78. The van der Waals surface area contributed by atoms with Crippen molar-refractivity contribution >= 4 is 67.7 Å². The number of fused-ring (bicyclic) bond motifs is 1. The number of benzene rings is 2. The number of thiocarbonyl (C=S) groups is 1. The van der Waals surface area contributed by atoms with Crippen LogP contribution in [0.15, 0.2) is 47.5 Å². The Hall–Kier alpha value is -1.61. The Kier molecular flexibility index (Phi) is 8.16. The fraction of sp³-hybridized carbons (Fsp3) is 0.409. The van der Waals surface area contributed by atoms with Gasteiger partial charge in [0.05, 0.1) is 18.0 Å². The Labute approximate surface area is 191 Å². The summed E-state index contributed by atoms with van der Waals surface area (Å²) in [6.45, 7) is 5.83. The quantitative estimate of drug-likeness (QED) is 0.336. The molecule has 0 aliphatic carbocycles. The van der Waals surface area contributed by atoms with Crippen molar-refractivity contribution in [1.82, 2.24) is 4.90 Å². The van der Waals surface area contributed by atoms with Crippen LogP contribution in [0.4, 0.5) is 5.69 Å². The molecule has 0 radical (unpaired) electrons. The number of hydrogen-bond acceptors (Lipinski definition) is 7. The molecule has 8 heteroatoms. The van der Waals surface area contributed by atoms with Gasteiger partial charge in [0.25, 0.3) is 0 Å². The van der Waals surface area contributed by atoms with Crippen molar-refractivity contribution in [2.75, 3.05) is 38.4 Å². The smallest absolute Gasteiger partial charge is 0.316 e. The van der Waals surface area contributed by atoms with Crippen LogP contribution in [0.5, 0.6) is 0 Å². The summed E-state index contributed by atoms with van der Waals surface area (Å²) in [7, 11) is 1.57. The molecule has 0 N–H and O–H groups in total. The first kappa shape index (κ1) is 23.1. The van der Waals surface area contributed by atoms with Crippen molar-refractivity contribution in [2.45, 2.75) is 13.8 Å². The fourth-order valence-electron chi connectivity index (χ4n) is 3.00. The van der Waals surface area contributed by atoms with Crippen LogP contribution in [-0.4, -0.2) is 58.7 Å². The molecule has 5 nitrogen and oxygen atoms in total. The van der Waals surface area contributed by atoms with E-state index in [2.05, 4.69) is 36.9 Å². The van der Waals surface area contributed by atoms with Crippen LogP contribution in [0.2, 0.25) is 0 Å². The van der Waals surface area contributed by atoms with E-state index in [1.165, 1.54) is 11.8 Å². The van der Waals surface area contributed by atoms with E-state index in [-0.39, 0.29) is 23.7 Å². The highest BCUT2D eigenvalue weighted by atomic mass is 32.2. The molecule has 0 spiro atoms. The van der Waals surface area contributed by atoms with E-state index < -0.39 is 0 Å². The molecule has 1 fully saturated rings. The minimum Gasteiger partial charge on any atom is -0.463 e. The summed E-state index contributed by atoms with van der Waals surface area (Å²) in [5.41, 5.74) is 1.01. The number of carbonyl (C=O) groups is 1. The Morgan fingerprint density at radius 3 is 2.80 bits per heavy atom. The van der Waals surface area contributed by atoms with Gasteiger partial charge in [0, 0.05) is 24.8 Å². The molecule has 3 rings (SSSR count). The predicted molar refractivity (Wildman–Crippen MR) is 132 cm³/mol. The predicted octanol–water partition coefficient (Wildman–Crippen LogP) is 5.11. The molecule has 1 aliphatic rings. The van der Waals surface area contributed by atoms with Gasteiger partial charge in [-0.25, -0.2) is 4.99 Å². The van der Waals surface area contributed by atoms with E-state index in [1.807, 2.05) is 24.3 Å². The highest BCUT2D eigenvalue weighted by molar-refractivity contribution is 8.23. The molecule has 0 bridgehead atoms. The zero-order valence-electron chi connectivity index (χ0n) is 17.4. The first-order valence-electron chi connectivity index (χ1n) is 9.68. The second-order valence-corrected chi connectivity index (χ2v) is 10.3. The van der Waals surface area contributed by atoms with E-state index in [9.17, 15) is 4.79 Å². The fourth-order valence-corrected chi connectivity index (χ4v) is 5.16. The molecule has 30 heavy (non-hydrogen) atoms. The minimum absolute atomic E-state index is 0.0893.